The molecule has 0 heterocycles. The third-order valence-electron chi connectivity index (χ3n) is 15.5. The predicted octanol–water partition coefficient (Wildman–Crippen LogP) is 18.8. The van der Waals surface area contributed by atoms with Gasteiger partial charge in [-0.15, -0.1) is 0 Å². The lowest BCUT2D eigenvalue weighted by Crippen LogP contribution is -2.30. The minimum atomic E-state index is -4.95. The van der Waals surface area contributed by atoms with Gasteiger partial charge in [0.15, 0.2) is 12.2 Å². The third kappa shape index (κ3) is 60.9. The minimum Gasteiger partial charge on any atom is -0.462 e. The van der Waals surface area contributed by atoms with Crippen LogP contribution in [0.1, 0.15) is 337 Å². The first-order valence-corrected chi connectivity index (χ1v) is 38.0. The van der Waals surface area contributed by atoms with Crippen molar-refractivity contribution in [3.05, 3.63) is 0 Å². The molecule has 19 heteroatoms. The van der Waals surface area contributed by atoms with E-state index in [1.807, 2.05) is 0 Å². The van der Waals surface area contributed by atoms with Gasteiger partial charge in [-0.1, -0.05) is 286 Å². The van der Waals surface area contributed by atoms with Crippen molar-refractivity contribution in [1.29, 1.82) is 0 Å². The third-order valence-corrected chi connectivity index (χ3v) is 17.4. The van der Waals surface area contributed by atoms with E-state index in [2.05, 4.69) is 41.5 Å². The van der Waals surface area contributed by atoms with E-state index < -0.39 is 97.5 Å². The summed E-state index contributed by atoms with van der Waals surface area (Å²) in [5, 5.41) is 10.5. The lowest BCUT2D eigenvalue weighted by Gasteiger charge is -2.21. The summed E-state index contributed by atoms with van der Waals surface area (Å²) >= 11 is 0. The zero-order chi connectivity index (χ0) is 63.6. The van der Waals surface area contributed by atoms with Crippen LogP contribution in [0, 0.1) is 11.8 Å². The standard InChI is InChI=1S/C67H130O17P2/c1-7-9-11-13-15-31-37-43-49-64(69)77-55-62(83-66(71)51-45-39-32-16-14-12-10-8-2)57-81-85(73,74)79-53-61(68)54-80-86(75,76)82-58-63(84-67(72)52-46-40-34-28-24-20-18-22-26-30-36-42-48-60(5)6)56-78-65(70)50-44-38-33-27-23-19-17-21-25-29-35-41-47-59(3)4/h59-63,68H,7-58H2,1-6H3,(H,73,74)(H,75,76)/t61-,62+,63+/m0/s1. The van der Waals surface area contributed by atoms with E-state index in [0.717, 1.165) is 115 Å². The second-order valence-corrected chi connectivity index (χ2v) is 28.1. The highest BCUT2D eigenvalue weighted by atomic mass is 31.2. The molecule has 5 atom stereocenters. The number of phosphoric acid groups is 2. The highest BCUT2D eigenvalue weighted by molar-refractivity contribution is 7.47. The molecule has 0 aliphatic rings. The van der Waals surface area contributed by atoms with Crippen molar-refractivity contribution in [2.75, 3.05) is 39.6 Å². The predicted molar refractivity (Wildman–Crippen MR) is 345 cm³/mol. The Kier molecular flexibility index (Phi) is 58.0. The van der Waals surface area contributed by atoms with Crippen LogP contribution in [0.25, 0.3) is 0 Å². The molecule has 0 bridgehead atoms. The molecule has 0 aromatic carbocycles. The number of carbonyl (C=O) groups excluding carboxylic acids is 4. The van der Waals surface area contributed by atoms with Gasteiger partial charge in [0.05, 0.1) is 26.4 Å². The number of ether oxygens (including phenoxy) is 4. The molecule has 0 fully saturated rings. The number of carbonyl (C=O) groups is 4. The summed E-state index contributed by atoms with van der Waals surface area (Å²) in [5.74, 6) is -0.574. The van der Waals surface area contributed by atoms with Gasteiger partial charge in [0, 0.05) is 25.7 Å². The molecular formula is C67H130O17P2. The summed E-state index contributed by atoms with van der Waals surface area (Å²) in [6, 6.07) is 0. The van der Waals surface area contributed by atoms with Crippen LogP contribution < -0.4 is 0 Å². The molecule has 0 saturated carbocycles. The molecule has 0 spiro atoms. The van der Waals surface area contributed by atoms with Crippen LogP contribution in [0.4, 0.5) is 0 Å². The molecule has 0 amide bonds. The number of hydrogen-bond donors (Lipinski definition) is 3. The fourth-order valence-corrected chi connectivity index (χ4v) is 11.6. The van der Waals surface area contributed by atoms with Gasteiger partial charge in [-0.25, -0.2) is 9.13 Å². The van der Waals surface area contributed by atoms with E-state index in [4.69, 9.17) is 37.0 Å². The van der Waals surface area contributed by atoms with Crippen molar-refractivity contribution < 1.29 is 80.2 Å². The number of aliphatic hydroxyl groups excluding tert-OH is 1. The largest absolute Gasteiger partial charge is 0.472 e. The fourth-order valence-electron chi connectivity index (χ4n) is 10.1. The van der Waals surface area contributed by atoms with Crippen molar-refractivity contribution in [2.24, 2.45) is 11.8 Å². The van der Waals surface area contributed by atoms with E-state index in [1.54, 1.807) is 0 Å². The van der Waals surface area contributed by atoms with Gasteiger partial charge < -0.3 is 33.8 Å². The van der Waals surface area contributed by atoms with Crippen LogP contribution in [0.3, 0.4) is 0 Å². The smallest absolute Gasteiger partial charge is 0.462 e. The number of phosphoric ester groups is 2. The van der Waals surface area contributed by atoms with Crippen molar-refractivity contribution in [3.8, 4) is 0 Å². The molecule has 0 aliphatic carbocycles. The quantitative estimate of drug-likeness (QED) is 0.0222. The van der Waals surface area contributed by atoms with Gasteiger partial charge in [-0.05, 0) is 37.5 Å². The number of rotatable bonds is 66. The maximum Gasteiger partial charge on any atom is 0.472 e. The summed E-state index contributed by atoms with van der Waals surface area (Å²) in [6.07, 6.45) is 43.1. The lowest BCUT2D eigenvalue weighted by atomic mass is 10.0. The van der Waals surface area contributed by atoms with Gasteiger partial charge in [0.2, 0.25) is 0 Å². The van der Waals surface area contributed by atoms with Crippen LogP contribution in [-0.2, 0) is 65.4 Å². The van der Waals surface area contributed by atoms with E-state index in [9.17, 15) is 43.2 Å². The van der Waals surface area contributed by atoms with Gasteiger partial charge in [-0.3, -0.25) is 37.3 Å². The molecule has 0 aliphatic heterocycles. The van der Waals surface area contributed by atoms with E-state index in [-0.39, 0.29) is 25.7 Å². The van der Waals surface area contributed by atoms with Gasteiger partial charge >= 0.3 is 39.5 Å². The Morgan fingerprint density at radius 2 is 0.535 bits per heavy atom. The van der Waals surface area contributed by atoms with Crippen LogP contribution >= 0.6 is 15.6 Å². The van der Waals surface area contributed by atoms with Crippen molar-refractivity contribution in [3.63, 3.8) is 0 Å². The number of hydrogen-bond acceptors (Lipinski definition) is 15. The van der Waals surface area contributed by atoms with E-state index in [1.165, 1.54) is 141 Å². The summed E-state index contributed by atoms with van der Waals surface area (Å²) in [7, 11) is -9.89. The Morgan fingerprint density at radius 1 is 0.314 bits per heavy atom. The molecule has 510 valence electrons. The second kappa shape index (κ2) is 59.4. The fraction of sp³-hybridized carbons (Fsp3) is 0.940. The monoisotopic (exact) mass is 1270 g/mol. The average Bonchev–Trinajstić information content (AvgIpc) is 3.68. The summed E-state index contributed by atoms with van der Waals surface area (Å²) in [4.78, 5) is 72.2. The molecule has 2 unspecified atom stereocenters. The number of unbranched alkanes of at least 4 members (excludes halogenated alkanes) is 36. The molecule has 0 aromatic rings. The van der Waals surface area contributed by atoms with Crippen molar-refractivity contribution >= 4 is 39.5 Å². The highest BCUT2D eigenvalue weighted by Crippen LogP contribution is 2.45. The first-order valence-electron chi connectivity index (χ1n) is 35.0. The van der Waals surface area contributed by atoms with Crippen LogP contribution in [0.15, 0.2) is 0 Å². The van der Waals surface area contributed by atoms with Crippen molar-refractivity contribution in [2.45, 2.75) is 355 Å². The van der Waals surface area contributed by atoms with Gasteiger partial charge in [0.1, 0.15) is 19.3 Å². The molecule has 0 aromatic heterocycles. The first kappa shape index (κ1) is 84.1. The van der Waals surface area contributed by atoms with Gasteiger partial charge in [-0.2, -0.15) is 0 Å². The van der Waals surface area contributed by atoms with Crippen molar-refractivity contribution in [1.82, 2.24) is 0 Å². The molecule has 17 nitrogen and oxygen atoms in total. The van der Waals surface area contributed by atoms with Crippen LogP contribution in [0.5, 0.6) is 0 Å². The van der Waals surface area contributed by atoms with Crippen LogP contribution in [0.2, 0.25) is 0 Å². The molecule has 0 rings (SSSR count). The Labute approximate surface area is 524 Å². The zero-order valence-corrected chi connectivity index (χ0v) is 57.4. The van der Waals surface area contributed by atoms with Crippen LogP contribution in [-0.4, -0.2) is 96.7 Å². The van der Waals surface area contributed by atoms with E-state index in [0.29, 0.717) is 25.7 Å². The Hall–Kier alpha value is -1.94. The molecule has 0 radical (unpaired) electrons. The number of esters is 4. The minimum absolute atomic E-state index is 0.105. The lowest BCUT2D eigenvalue weighted by molar-refractivity contribution is -0.161. The molecule has 0 saturated heterocycles. The Balaban J connectivity index is 5.20. The molecule has 3 N–H and O–H groups in total. The Bertz CT molecular complexity index is 1680. The molecule has 86 heavy (non-hydrogen) atoms. The Morgan fingerprint density at radius 3 is 0.791 bits per heavy atom. The summed E-state index contributed by atoms with van der Waals surface area (Å²) < 4.78 is 68.0. The average molecular weight is 1270 g/mol. The maximum absolute atomic E-state index is 13.0. The topological polar surface area (TPSA) is 237 Å². The zero-order valence-electron chi connectivity index (χ0n) is 55.6. The number of aliphatic hydroxyl groups is 1. The summed E-state index contributed by atoms with van der Waals surface area (Å²) in [5.41, 5.74) is 0. The normalized spacial score (nSPS) is 14.2. The second-order valence-electron chi connectivity index (χ2n) is 25.2. The summed E-state index contributed by atoms with van der Waals surface area (Å²) in [6.45, 7) is 9.49. The van der Waals surface area contributed by atoms with Gasteiger partial charge in [0.25, 0.3) is 0 Å². The highest BCUT2D eigenvalue weighted by Gasteiger charge is 2.30. The SMILES string of the molecule is CCCCCCCCCCC(=O)OC[C@H](COP(=O)(O)OC[C@H](O)COP(=O)(O)OC[C@@H](COC(=O)CCCCCCCCCCCCCCC(C)C)OC(=O)CCCCCCCCCCCCCCC(C)C)OC(=O)CCCCCCCCCC. The first-order chi connectivity index (χ1) is 41.4. The maximum atomic E-state index is 13.0. The van der Waals surface area contributed by atoms with E-state index >= 15 is 0 Å². The molecular weight excluding hydrogens is 1140 g/mol.